The minimum absolute atomic E-state index is 0.00386. The summed E-state index contributed by atoms with van der Waals surface area (Å²) in [6, 6.07) is 7.90. The van der Waals surface area contributed by atoms with Gasteiger partial charge >= 0.3 is 0 Å². The van der Waals surface area contributed by atoms with Crippen molar-refractivity contribution in [2.45, 2.75) is 24.3 Å². The Morgan fingerprint density at radius 3 is 2.65 bits per heavy atom. The minimum Gasteiger partial charge on any atom is -0.352 e. The van der Waals surface area contributed by atoms with Gasteiger partial charge in [-0.3, -0.25) is 14.5 Å². The molecule has 1 atom stereocenters. The van der Waals surface area contributed by atoms with Crippen molar-refractivity contribution in [1.82, 2.24) is 10.2 Å². The number of hydrogen-bond donors (Lipinski definition) is 1. The molecule has 1 unspecified atom stereocenters. The molecule has 108 valence electrons. The summed E-state index contributed by atoms with van der Waals surface area (Å²) in [5.74, 6) is 0.136. The summed E-state index contributed by atoms with van der Waals surface area (Å²) in [4.78, 5) is 26.5. The van der Waals surface area contributed by atoms with Gasteiger partial charge in [0.25, 0.3) is 0 Å². The summed E-state index contributed by atoms with van der Waals surface area (Å²) in [7, 11) is 0. The van der Waals surface area contributed by atoms with Crippen LogP contribution < -0.4 is 5.32 Å². The van der Waals surface area contributed by atoms with Gasteiger partial charge in [-0.2, -0.15) is 0 Å². The second-order valence-corrected chi connectivity index (χ2v) is 5.95. The van der Waals surface area contributed by atoms with Gasteiger partial charge in [0.15, 0.2) is 5.78 Å². The third-order valence-corrected chi connectivity index (χ3v) is 4.20. The zero-order chi connectivity index (χ0) is 14.5. The lowest BCUT2D eigenvalue weighted by Gasteiger charge is -2.15. The molecule has 4 nitrogen and oxygen atoms in total. The fraction of sp³-hybridized carbons (Fsp3) is 0.467. The maximum Gasteiger partial charge on any atom is 0.217 e. The highest BCUT2D eigenvalue weighted by Gasteiger charge is 2.24. The van der Waals surface area contributed by atoms with E-state index in [4.69, 9.17) is 0 Å². The number of benzene rings is 1. The van der Waals surface area contributed by atoms with E-state index in [1.807, 2.05) is 30.5 Å². The monoisotopic (exact) mass is 292 g/mol. The van der Waals surface area contributed by atoms with Crippen molar-refractivity contribution in [3.8, 4) is 0 Å². The van der Waals surface area contributed by atoms with Gasteiger partial charge in [-0.05, 0) is 24.8 Å². The smallest absolute Gasteiger partial charge is 0.217 e. The number of ketones is 1. The van der Waals surface area contributed by atoms with E-state index in [1.54, 1.807) is 11.8 Å². The molecule has 1 heterocycles. The van der Waals surface area contributed by atoms with Gasteiger partial charge in [0.05, 0.1) is 6.54 Å². The van der Waals surface area contributed by atoms with Crippen LogP contribution >= 0.6 is 11.8 Å². The van der Waals surface area contributed by atoms with E-state index in [2.05, 4.69) is 10.2 Å². The lowest BCUT2D eigenvalue weighted by Crippen LogP contribution is -2.36. The molecule has 20 heavy (non-hydrogen) atoms. The molecule has 1 N–H and O–H groups in total. The van der Waals surface area contributed by atoms with Crippen LogP contribution in [0.15, 0.2) is 29.2 Å². The molecule has 0 aromatic heterocycles. The van der Waals surface area contributed by atoms with Gasteiger partial charge in [0.2, 0.25) is 5.91 Å². The first kappa shape index (κ1) is 15.1. The molecule has 1 saturated heterocycles. The van der Waals surface area contributed by atoms with Crippen molar-refractivity contribution in [3.05, 3.63) is 29.8 Å². The van der Waals surface area contributed by atoms with E-state index in [1.165, 1.54) is 6.92 Å². The van der Waals surface area contributed by atoms with Crippen molar-refractivity contribution < 1.29 is 9.59 Å². The molecule has 0 radical (unpaired) electrons. The number of Topliss-reactive ketones (excluding diaryl/α,β-unsaturated/α-hetero) is 1. The van der Waals surface area contributed by atoms with E-state index >= 15 is 0 Å². The lowest BCUT2D eigenvalue weighted by molar-refractivity contribution is -0.119. The van der Waals surface area contributed by atoms with Crippen molar-refractivity contribution in [2.24, 2.45) is 0 Å². The Bertz CT molecular complexity index is 487. The SMILES string of the molecule is CSc1ccc(C(=O)CN2CCC(NC(C)=O)C2)cc1. The first-order chi connectivity index (χ1) is 9.58. The number of carbonyl (C=O) groups excluding carboxylic acids is 2. The number of carbonyl (C=O) groups is 2. The Kier molecular flexibility index (Phi) is 5.20. The van der Waals surface area contributed by atoms with Crippen LogP contribution in [0.4, 0.5) is 0 Å². The highest BCUT2D eigenvalue weighted by Crippen LogP contribution is 2.16. The summed E-state index contributed by atoms with van der Waals surface area (Å²) in [6.45, 7) is 3.57. The summed E-state index contributed by atoms with van der Waals surface area (Å²) in [5, 5.41) is 2.91. The van der Waals surface area contributed by atoms with Crippen molar-refractivity contribution in [3.63, 3.8) is 0 Å². The van der Waals surface area contributed by atoms with Crippen molar-refractivity contribution in [1.29, 1.82) is 0 Å². The van der Waals surface area contributed by atoms with Gasteiger partial charge < -0.3 is 5.32 Å². The van der Waals surface area contributed by atoms with Crippen LogP contribution in [0.5, 0.6) is 0 Å². The van der Waals surface area contributed by atoms with Crippen LogP contribution in [0.1, 0.15) is 23.7 Å². The number of hydrogen-bond acceptors (Lipinski definition) is 4. The van der Waals surface area contributed by atoms with Crippen LogP contribution in [-0.4, -0.2) is 48.5 Å². The average Bonchev–Trinajstić information content (AvgIpc) is 2.85. The summed E-state index contributed by atoms with van der Waals surface area (Å²) in [6.07, 6.45) is 2.93. The molecule has 1 aliphatic rings. The fourth-order valence-corrected chi connectivity index (χ4v) is 2.86. The van der Waals surface area contributed by atoms with E-state index in [-0.39, 0.29) is 17.7 Å². The first-order valence-corrected chi connectivity index (χ1v) is 7.97. The summed E-state index contributed by atoms with van der Waals surface area (Å²) >= 11 is 1.67. The standard InChI is InChI=1S/C15H20N2O2S/c1-11(18)16-13-7-8-17(9-13)10-15(19)12-3-5-14(20-2)6-4-12/h3-6,13H,7-10H2,1-2H3,(H,16,18). The molecule has 1 aliphatic heterocycles. The van der Waals surface area contributed by atoms with Crippen LogP contribution in [0.2, 0.25) is 0 Å². The summed E-state index contributed by atoms with van der Waals surface area (Å²) in [5.41, 5.74) is 0.755. The third kappa shape index (κ3) is 4.08. The molecule has 0 bridgehead atoms. The third-order valence-electron chi connectivity index (χ3n) is 3.46. The Morgan fingerprint density at radius 2 is 2.05 bits per heavy atom. The molecule has 1 amide bonds. The average molecular weight is 292 g/mol. The van der Waals surface area contributed by atoms with E-state index in [0.717, 1.165) is 30.0 Å². The second kappa shape index (κ2) is 6.90. The second-order valence-electron chi connectivity index (χ2n) is 5.07. The molecule has 0 saturated carbocycles. The number of nitrogens with zero attached hydrogens (tertiary/aromatic N) is 1. The number of likely N-dealkylation sites (tertiary alicyclic amines) is 1. The van der Waals surface area contributed by atoms with Crippen LogP contribution in [0, 0.1) is 0 Å². The zero-order valence-corrected chi connectivity index (χ0v) is 12.7. The maximum absolute atomic E-state index is 12.2. The highest BCUT2D eigenvalue weighted by molar-refractivity contribution is 7.98. The largest absolute Gasteiger partial charge is 0.352 e. The molecule has 1 aromatic rings. The molecule has 0 aliphatic carbocycles. The summed E-state index contributed by atoms with van der Waals surface area (Å²) < 4.78 is 0. The van der Waals surface area contributed by atoms with Crippen molar-refractivity contribution >= 4 is 23.5 Å². The van der Waals surface area contributed by atoms with E-state index in [0.29, 0.717) is 6.54 Å². The molecule has 1 aromatic carbocycles. The van der Waals surface area contributed by atoms with Crippen molar-refractivity contribution in [2.75, 3.05) is 25.9 Å². The van der Waals surface area contributed by atoms with Gasteiger partial charge in [-0.1, -0.05) is 12.1 Å². The first-order valence-electron chi connectivity index (χ1n) is 6.75. The Balaban J connectivity index is 1.87. The van der Waals surface area contributed by atoms with Gasteiger partial charge in [-0.25, -0.2) is 0 Å². The van der Waals surface area contributed by atoms with Crippen LogP contribution in [-0.2, 0) is 4.79 Å². The Labute approximate surface area is 123 Å². The molecule has 2 rings (SSSR count). The lowest BCUT2D eigenvalue weighted by atomic mass is 10.1. The highest BCUT2D eigenvalue weighted by atomic mass is 32.2. The molecule has 0 spiro atoms. The quantitative estimate of drug-likeness (QED) is 0.664. The van der Waals surface area contributed by atoms with Gasteiger partial charge in [0, 0.05) is 36.5 Å². The normalized spacial score (nSPS) is 19.0. The Hall–Kier alpha value is -1.33. The fourth-order valence-electron chi connectivity index (χ4n) is 2.45. The van der Waals surface area contributed by atoms with Gasteiger partial charge in [0.1, 0.15) is 0 Å². The number of thioether (sulfide) groups is 1. The molecular weight excluding hydrogens is 272 g/mol. The number of amides is 1. The minimum atomic E-state index is -0.00386. The van der Waals surface area contributed by atoms with Gasteiger partial charge in [-0.15, -0.1) is 11.8 Å². The predicted molar refractivity (Wildman–Crippen MR) is 81.2 cm³/mol. The van der Waals surface area contributed by atoms with Crippen LogP contribution in [0.3, 0.4) is 0 Å². The zero-order valence-electron chi connectivity index (χ0n) is 11.9. The van der Waals surface area contributed by atoms with E-state index < -0.39 is 0 Å². The predicted octanol–water partition coefficient (Wildman–Crippen LogP) is 1.80. The molecule has 5 heteroatoms. The molecule has 1 fully saturated rings. The van der Waals surface area contributed by atoms with E-state index in [9.17, 15) is 9.59 Å². The molecular formula is C15H20N2O2S. The number of rotatable bonds is 5. The maximum atomic E-state index is 12.2. The Morgan fingerprint density at radius 1 is 1.35 bits per heavy atom. The van der Waals surface area contributed by atoms with Crippen LogP contribution in [0.25, 0.3) is 0 Å². The number of nitrogens with one attached hydrogen (secondary N) is 1. The topological polar surface area (TPSA) is 49.4 Å².